The van der Waals surface area contributed by atoms with E-state index in [4.69, 9.17) is 19.6 Å². The SMILES string of the molecule is COCc1nnc([C@@H](NC(=O)[C@H](CCCn2ccnc2N)NC(=O)OC(C)(C)C)C(C)(C)C)o1. The summed E-state index contributed by atoms with van der Waals surface area (Å²) in [6.45, 7) is 11.8. The molecule has 2 aromatic heterocycles. The fraction of sp³-hybridized carbons (Fsp3) is 0.682. The minimum Gasteiger partial charge on any atom is -0.444 e. The summed E-state index contributed by atoms with van der Waals surface area (Å²) in [4.78, 5) is 29.8. The molecule has 12 nitrogen and oxygen atoms in total. The minimum atomic E-state index is -0.856. The van der Waals surface area contributed by atoms with E-state index in [1.54, 1.807) is 37.7 Å². The van der Waals surface area contributed by atoms with Crippen molar-refractivity contribution in [3.63, 3.8) is 0 Å². The molecule has 2 atom stereocenters. The zero-order chi connectivity index (χ0) is 25.5. The van der Waals surface area contributed by atoms with E-state index in [2.05, 4.69) is 25.8 Å². The maximum Gasteiger partial charge on any atom is 0.408 e. The lowest BCUT2D eigenvalue weighted by molar-refractivity contribution is -0.125. The van der Waals surface area contributed by atoms with Gasteiger partial charge in [-0.15, -0.1) is 10.2 Å². The van der Waals surface area contributed by atoms with Crippen LogP contribution >= 0.6 is 0 Å². The largest absolute Gasteiger partial charge is 0.444 e. The normalized spacial score (nSPS) is 13.9. The van der Waals surface area contributed by atoms with Crippen molar-refractivity contribution in [3.8, 4) is 0 Å². The number of hydrogen-bond acceptors (Lipinski definition) is 9. The highest BCUT2D eigenvalue weighted by molar-refractivity contribution is 5.86. The van der Waals surface area contributed by atoms with Gasteiger partial charge >= 0.3 is 6.09 Å². The van der Waals surface area contributed by atoms with Crippen LogP contribution in [0.15, 0.2) is 16.8 Å². The van der Waals surface area contributed by atoms with Crippen molar-refractivity contribution >= 4 is 17.9 Å². The van der Waals surface area contributed by atoms with Crippen molar-refractivity contribution in [3.05, 3.63) is 24.2 Å². The highest BCUT2D eigenvalue weighted by Crippen LogP contribution is 2.32. The number of ether oxygens (including phenoxy) is 2. The lowest BCUT2D eigenvalue weighted by Gasteiger charge is -2.30. The molecule has 0 fully saturated rings. The van der Waals surface area contributed by atoms with Crippen LogP contribution in [0.5, 0.6) is 0 Å². The van der Waals surface area contributed by atoms with E-state index in [1.165, 1.54) is 7.11 Å². The number of imidazole rings is 1. The highest BCUT2D eigenvalue weighted by atomic mass is 16.6. The van der Waals surface area contributed by atoms with Crippen molar-refractivity contribution in [2.45, 2.75) is 85.2 Å². The molecule has 0 saturated heterocycles. The molecule has 0 bridgehead atoms. The number of nitrogens with two attached hydrogens (primary N) is 1. The first-order valence-corrected chi connectivity index (χ1v) is 11.2. The number of aromatic nitrogens is 4. The standard InChI is InChI=1S/C22H37N7O5/c1-21(2,3)16(18-28-27-15(33-18)13-32-7)26-17(30)14(25-20(31)34-22(4,5)6)9-8-11-29-12-10-24-19(29)23/h10,12,14,16H,8-9,11,13H2,1-7H3,(H2,23,24)(H,25,31)(H,26,30)/t14-,16+/m0/s1. The predicted molar refractivity (Wildman–Crippen MR) is 124 cm³/mol. The van der Waals surface area contributed by atoms with Gasteiger partial charge in [-0.3, -0.25) is 4.79 Å². The zero-order valence-electron chi connectivity index (χ0n) is 21.0. The van der Waals surface area contributed by atoms with E-state index in [1.807, 2.05) is 20.8 Å². The summed E-state index contributed by atoms with van der Waals surface area (Å²) in [6.07, 6.45) is 3.59. The first-order valence-electron chi connectivity index (χ1n) is 11.2. The smallest absolute Gasteiger partial charge is 0.408 e. The molecule has 2 amide bonds. The molecule has 0 aromatic carbocycles. The molecular weight excluding hydrogens is 442 g/mol. The van der Waals surface area contributed by atoms with Crippen LogP contribution in [0, 0.1) is 5.41 Å². The topological polar surface area (TPSA) is 159 Å². The number of amides is 2. The Morgan fingerprint density at radius 1 is 1.18 bits per heavy atom. The number of carbonyl (C=O) groups excluding carboxylic acids is 2. The number of nitrogens with zero attached hydrogens (tertiary/aromatic N) is 4. The van der Waals surface area contributed by atoms with E-state index in [9.17, 15) is 9.59 Å². The molecule has 0 unspecified atom stereocenters. The molecule has 2 rings (SSSR count). The van der Waals surface area contributed by atoms with Gasteiger partial charge in [0.05, 0.1) is 0 Å². The molecule has 0 radical (unpaired) electrons. The van der Waals surface area contributed by atoms with Gasteiger partial charge in [-0.2, -0.15) is 0 Å². The Balaban J connectivity index is 2.16. The third-order valence-electron chi connectivity index (χ3n) is 4.80. The van der Waals surface area contributed by atoms with Gasteiger partial charge in [0.15, 0.2) is 5.95 Å². The van der Waals surface area contributed by atoms with Gasteiger partial charge in [-0.1, -0.05) is 20.8 Å². The van der Waals surface area contributed by atoms with Crippen molar-refractivity contribution in [1.29, 1.82) is 0 Å². The second-order valence-electron chi connectivity index (χ2n) is 10.1. The molecule has 2 heterocycles. The van der Waals surface area contributed by atoms with E-state index in [0.29, 0.717) is 31.2 Å². The van der Waals surface area contributed by atoms with Gasteiger partial charge in [0.2, 0.25) is 17.7 Å². The van der Waals surface area contributed by atoms with Gasteiger partial charge in [0.25, 0.3) is 0 Å². The number of nitrogens with one attached hydrogen (secondary N) is 2. The van der Waals surface area contributed by atoms with Gasteiger partial charge in [-0.25, -0.2) is 9.78 Å². The second kappa shape index (κ2) is 11.3. The maximum absolute atomic E-state index is 13.3. The summed E-state index contributed by atoms with van der Waals surface area (Å²) in [5.74, 6) is 0.561. The highest BCUT2D eigenvalue weighted by Gasteiger charge is 2.35. The van der Waals surface area contributed by atoms with E-state index >= 15 is 0 Å². The Morgan fingerprint density at radius 2 is 1.88 bits per heavy atom. The number of alkyl carbamates (subject to hydrolysis) is 1. The quantitative estimate of drug-likeness (QED) is 0.465. The van der Waals surface area contributed by atoms with Crippen LogP contribution < -0.4 is 16.4 Å². The predicted octanol–water partition coefficient (Wildman–Crippen LogP) is 2.57. The third-order valence-corrected chi connectivity index (χ3v) is 4.80. The average Bonchev–Trinajstić information content (AvgIpc) is 3.32. The number of aryl methyl sites for hydroxylation is 1. The van der Waals surface area contributed by atoms with Crippen LogP contribution in [0.2, 0.25) is 0 Å². The summed E-state index contributed by atoms with van der Waals surface area (Å²) in [7, 11) is 1.53. The Morgan fingerprint density at radius 3 is 2.44 bits per heavy atom. The van der Waals surface area contributed by atoms with Crippen LogP contribution in [0.3, 0.4) is 0 Å². The lowest BCUT2D eigenvalue weighted by atomic mass is 9.86. The molecule has 0 saturated carbocycles. The first-order chi connectivity index (χ1) is 15.8. The fourth-order valence-electron chi connectivity index (χ4n) is 3.17. The van der Waals surface area contributed by atoms with Crippen molar-refractivity contribution in [2.75, 3.05) is 12.8 Å². The number of methoxy groups -OCH3 is 1. The van der Waals surface area contributed by atoms with Crippen LogP contribution in [0.1, 0.15) is 72.2 Å². The molecule has 12 heteroatoms. The Kier molecular flexibility index (Phi) is 9.02. The van der Waals surface area contributed by atoms with Crippen LogP contribution in [-0.4, -0.2) is 50.5 Å². The number of rotatable bonds is 10. The summed E-state index contributed by atoms with van der Waals surface area (Å²) in [6, 6.07) is -1.45. The van der Waals surface area contributed by atoms with Gasteiger partial charge in [0.1, 0.15) is 24.3 Å². The summed E-state index contributed by atoms with van der Waals surface area (Å²) in [5.41, 5.74) is 4.67. The summed E-state index contributed by atoms with van der Waals surface area (Å²) < 4.78 is 17.8. The molecule has 0 spiro atoms. The lowest BCUT2D eigenvalue weighted by Crippen LogP contribution is -2.50. The van der Waals surface area contributed by atoms with Crippen LogP contribution in [0.25, 0.3) is 0 Å². The molecule has 190 valence electrons. The van der Waals surface area contributed by atoms with Gasteiger partial charge in [-0.05, 0) is 39.0 Å². The first kappa shape index (κ1) is 27.1. The summed E-state index contributed by atoms with van der Waals surface area (Å²) in [5, 5.41) is 13.7. The van der Waals surface area contributed by atoms with Crippen LogP contribution in [0.4, 0.5) is 10.7 Å². The zero-order valence-corrected chi connectivity index (χ0v) is 21.0. The molecule has 34 heavy (non-hydrogen) atoms. The number of anilines is 1. The fourth-order valence-corrected chi connectivity index (χ4v) is 3.17. The summed E-state index contributed by atoms with van der Waals surface area (Å²) >= 11 is 0. The maximum atomic E-state index is 13.3. The monoisotopic (exact) mass is 479 g/mol. The van der Waals surface area contributed by atoms with Gasteiger partial charge in [0, 0.05) is 26.0 Å². The van der Waals surface area contributed by atoms with Crippen molar-refractivity contribution in [2.24, 2.45) is 5.41 Å². The van der Waals surface area contributed by atoms with E-state index in [0.717, 1.165) is 0 Å². The molecule has 0 aliphatic carbocycles. The number of hydrogen-bond donors (Lipinski definition) is 3. The van der Waals surface area contributed by atoms with E-state index in [-0.39, 0.29) is 12.5 Å². The Hall–Kier alpha value is -3.15. The van der Waals surface area contributed by atoms with Crippen LogP contribution in [-0.2, 0) is 27.4 Å². The van der Waals surface area contributed by atoms with Crippen molar-refractivity contribution < 1.29 is 23.5 Å². The molecule has 0 aliphatic heterocycles. The number of carbonyl (C=O) groups is 2. The Bertz CT molecular complexity index is 942. The minimum absolute atomic E-state index is 0.165. The van der Waals surface area contributed by atoms with Crippen molar-refractivity contribution in [1.82, 2.24) is 30.4 Å². The van der Waals surface area contributed by atoms with E-state index < -0.39 is 35.1 Å². The molecular formula is C22H37N7O5. The molecule has 0 aliphatic rings. The molecule has 4 N–H and O–H groups in total. The molecule has 2 aromatic rings. The van der Waals surface area contributed by atoms with Gasteiger partial charge < -0.3 is 34.8 Å². The average molecular weight is 480 g/mol. The second-order valence-corrected chi connectivity index (χ2v) is 10.1. The Labute approximate surface area is 200 Å². The number of nitrogen functional groups attached to an aromatic ring is 1. The third kappa shape index (κ3) is 8.32.